The maximum absolute atomic E-state index is 14.6. The molecule has 208 valence electrons. The SMILES string of the molecule is CC(C)(C)OC(=O)N1CC(CNc2nc(-c3ccc(N4CCOCC4)cc3)cc3nccnc23)CC(F)(F)C1. The summed E-state index contributed by atoms with van der Waals surface area (Å²) in [6.45, 7) is 7.96. The van der Waals surface area contributed by atoms with E-state index in [1.54, 1.807) is 33.2 Å². The van der Waals surface area contributed by atoms with Gasteiger partial charge in [0.25, 0.3) is 5.92 Å². The molecule has 2 aromatic heterocycles. The van der Waals surface area contributed by atoms with Crippen molar-refractivity contribution < 1.29 is 23.0 Å². The summed E-state index contributed by atoms with van der Waals surface area (Å²) in [6, 6.07) is 10.0. The topological polar surface area (TPSA) is 92.7 Å². The van der Waals surface area contributed by atoms with Crippen molar-refractivity contribution in [1.82, 2.24) is 19.9 Å². The van der Waals surface area contributed by atoms with Crippen molar-refractivity contribution in [2.24, 2.45) is 5.92 Å². The van der Waals surface area contributed by atoms with Gasteiger partial charge in [0.15, 0.2) is 5.82 Å². The Balaban J connectivity index is 1.35. The number of rotatable bonds is 5. The highest BCUT2D eigenvalue weighted by atomic mass is 19.3. The number of carbonyl (C=O) groups is 1. The van der Waals surface area contributed by atoms with E-state index in [2.05, 4.69) is 32.3 Å². The van der Waals surface area contributed by atoms with Crippen LogP contribution >= 0.6 is 0 Å². The normalized spacial score (nSPS) is 19.7. The Bertz CT molecular complexity index is 1310. The Kier molecular flexibility index (Phi) is 7.53. The Morgan fingerprint density at radius 2 is 1.87 bits per heavy atom. The molecule has 0 radical (unpaired) electrons. The maximum atomic E-state index is 14.6. The molecule has 0 saturated carbocycles. The standard InChI is InChI=1S/C28H34F2N6O3/c1-27(2,3)39-26(37)36-17-19(15-28(29,30)18-36)16-33-25-24-23(31-8-9-32-24)14-22(34-25)20-4-6-21(7-5-20)35-10-12-38-13-11-35/h4-9,14,19H,10-13,15-18H2,1-3H3,(H,33,34). The van der Waals surface area contributed by atoms with Crippen molar-refractivity contribution in [3.8, 4) is 11.3 Å². The lowest BCUT2D eigenvalue weighted by Gasteiger charge is -2.38. The number of hydrogen-bond donors (Lipinski definition) is 1. The molecule has 1 atom stereocenters. The lowest BCUT2D eigenvalue weighted by molar-refractivity contribution is -0.0846. The van der Waals surface area contributed by atoms with E-state index in [9.17, 15) is 13.6 Å². The fraction of sp³-hybridized carbons (Fsp3) is 0.500. The first-order valence-electron chi connectivity index (χ1n) is 13.2. The van der Waals surface area contributed by atoms with Crippen LogP contribution in [-0.2, 0) is 9.47 Å². The summed E-state index contributed by atoms with van der Waals surface area (Å²) in [5, 5.41) is 3.23. The number of hydrogen-bond acceptors (Lipinski definition) is 8. The van der Waals surface area contributed by atoms with Gasteiger partial charge in [-0.15, -0.1) is 0 Å². The van der Waals surface area contributed by atoms with E-state index in [0.29, 0.717) is 35.8 Å². The molecule has 0 spiro atoms. The number of fused-ring (bicyclic) bond motifs is 1. The highest BCUT2D eigenvalue weighted by Crippen LogP contribution is 2.33. The third-order valence-electron chi connectivity index (χ3n) is 6.69. The van der Waals surface area contributed by atoms with Crippen LogP contribution in [-0.4, -0.2) is 83.4 Å². The van der Waals surface area contributed by atoms with Crippen LogP contribution in [0.15, 0.2) is 42.7 Å². The highest BCUT2D eigenvalue weighted by molar-refractivity contribution is 5.88. The summed E-state index contributed by atoms with van der Waals surface area (Å²) < 4.78 is 40.0. The summed E-state index contributed by atoms with van der Waals surface area (Å²) in [5.41, 5.74) is 3.16. The monoisotopic (exact) mass is 540 g/mol. The predicted molar refractivity (Wildman–Crippen MR) is 145 cm³/mol. The second-order valence-electron chi connectivity index (χ2n) is 11.1. The lowest BCUT2D eigenvalue weighted by atomic mass is 9.95. The predicted octanol–water partition coefficient (Wildman–Crippen LogP) is 4.83. The van der Waals surface area contributed by atoms with Crippen molar-refractivity contribution in [1.29, 1.82) is 0 Å². The number of morpholine rings is 1. The molecule has 2 aliphatic heterocycles. The molecular weight excluding hydrogens is 506 g/mol. The number of likely N-dealkylation sites (tertiary alicyclic amines) is 1. The number of pyridine rings is 1. The zero-order chi connectivity index (χ0) is 27.6. The number of aromatic nitrogens is 3. The fourth-order valence-electron chi connectivity index (χ4n) is 4.96. The zero-order valence-electron chi connectivity index (χ0n) is 22.5. The molecule has 1 aromatic carbocycles. The van der Waals surface area contributed by atoms with E-state index >= 15 is 0 Å². The number of benzene rings is 1. The number of alkyl halides is 2. The van der Waals surface area contributed by atoms with Crippen molar-refractivity contribution in [3.63, 3.8) is 0 Å². The van der Waals surface area contributed by atoms with Gasteiger partial charge in [-0.05, 0) is 44.9 Å². The van der Waals surface area contributed by atoms with E-state index in [-0.39, 0.29) is 19.5 Å². The molecule has 5 rings (SSSR count). The zero-order valence-corrected chi connectivity index (χ0v) is 22.5. The fourth-order valence-corrected chi connectivity index (χ4v) is 4.96. The maximum Gasteiger partial charge on any atom is 0.410 e. The number of ether oxygens (including phenoxy) is 2. The number of halogens is 2. The van der Waals surface area contributed by atoms with Gasteiger partial charge < -0.3 is 24.6 Å². The Morgan fingerprint density at radius 1 is 1.15 bits per heavy atom. The minimum Gasteiger partial charge on any atom is -0.444 e. The molecule has 1 N–H and O–H groups in total. The van der Waals surface area contributed by atoms with Crippen LogP contribution in [0.3, 0.4) is 0 Å². The number of amides is 1. The number of carbonyl (C=O) groups excluding carboxylic acids is 1. The van der Waals surface area contributed by atoms with Gasteiger partial charge in [0.2, 0.25) is 0 Å². The first kappa shape index (κ1) is 27.0. The van der Waals surface area contributed by atoms with Crippen LogP contribution in [0.25, 0.3) is 22.3 Å². The van der Waals surface area contributed by atoms with Crippen LogP contribution in [0, 0.1) is 5.92 Å². The average Bonchev–Trinajstić information content (AvgIpc) is 2.90. The molecule has 1 unspecified atom stereocenters. The van der Waals surface area contributed by atoms with E-state index in [0.717, 1.165) is 29.2 Å². The third-order valence-corrected chi connectivity index (χ3v) is 6.69. The molecule has 9 nitrogen and oxygen atoms in total. The molecule has 0 aliphatic carbocycles. The molecule has 2 fully saturated rings. The molecule has 2 aliphatic rings. The summed E-state index contributed by atoms with van der Waals surface area (Å²) in [4.78, 5) is 29.6. The second kappa shape index (κ2) is 10.9. The molecular formula is C28H34F2N6O3. The van der Waals surface area contributed by atoms with Gasteiger partial charge in [-0.1, -0.05) is 12.1 Å². The van der Waals surface area contributed by atoms with Gasteiger partial charge in [0.1, 0.15) is 11.1 Å². The van der Waals surface area contributed by atoms with E-state index in [1.807, 2.05) is 18.2 Å². The van der Waals surface area contributed by atoms with Crippen molar-refractivity contribution in [2.45, 2.75) is 38.7 Å². The molecule has 3 aromatic rings. The quantitative estimate of drug-likeness (QED) is 0.492. The van der Waals surface area contributed by atoms with Crippen molar-refractivity contribution in [3.05, 3.63) is 42.7 Å². The van der Waals surface area contributed by atoms with Crippen LogP contribution < -0.4 is 10.2 Å². The van der Waals surface area contributed by atoms with Crippen LogP contribution in [0.4, 0.5) is 25.1 Å². The smallest absolute Gasteiger partial charge is 0.410 e. The third kappa shape index (κ3) is 6.70. The van der Waals surface area contributed by atoms with Gasteiger partial charge >= 0.3 is 6.09 Å². The van der Waals surface area contributed by atoms with Gasteiger partial charge in [-0.25, -0.2) is 23.5 Å². The Morgan fingerprint density at radius 3 is 2.59 bits per heavy atom. The largest absolute Gasteiger partial charge is 0.444 e. The van der Waals surface area contributed by atoms with E-state index in [4.69, 9.17) is 14.5 Å². The number of anilines is 2. The summed E-state index contributed by atoms with van der Waals surface area (Å²) in [7, 11) is 0. The van der Waals surface area contributed by atoms with E-state index in [1.165, 1.54) is 0 Å². The minimum atomic E-state index is -3.01. The molecule has 0 bridgehead atoms. The lowest BCUT2D eigenvalue weighted by Crippen LogP contribution is -2.52. The van der Waals surface area contributed by atoms with Crippen LogP contribution in [0.2, 0.25) is 0 Å². The molecule has 1 amide bonds. The summed E-state index contributed by atoms with van der Waals surface area (Å²) >= 11 is 0. The number of piperidine rings is 1. The number of nitrogens with zero attached hydrogens (tertiary/aromatic N) is 5. The van der Waals surface area contributed by atoms with Gasteiger partial charge in [0, 0.05) is 56.2 Å². The molecule has 11 heteroatoms. The van der Waals surface area contributed by atoms with Gasteiger partial charge in [0.05, 0.1) is 31.0 Å². The second-order valence-corrected chi connectivity index (χ2v) is 11.1. The van der Waals surface area contributed by atoms with Crippen molar-refractivity contribution >= 4 is 28.6 Å². The number of nitrogens with one attached hydrogen (secondary N) is 1. The highest BCUT2D eigenvalue weighted by Gasteiger charge is 2.43. The molecule has 2 saturated heterocycles. The first-order valence-corrected chi connectivity index (χ1v) is 13.2. The van der Waals surface area contributed by atoms with Crippen LogP contribution in [0.1, 0.15) is 27.2 Å². The Hall–Kier alpha value is -3.60. The average molecular weight is 541 g/mol. The van der Waals surface area contributed by atoms with Crippen molar-refractivity contribution in [2.75, 3.05) is 56.2 Å². The summed E-state index contributed by atoms with van der Waals surface area (Å²) in [5.74, 6) is -3.06. The first-order chi connectivity index (χ1) is 18.6. The van der Waals surface area contributed by atoms with E-state index < -0.39 is 30.1 Å². The van der Waals surface area contributed by atoms with Crippen LogP contribution in [0.5, 0.6) is 0 Å². The van der Waals surface area contributed by atoms with Gasteiger partial charge in [-0.2, -0.15) is 0 Å². The van der Waals surface area contributed by atoms with Gasteiger partial charge in [-0.3, -0.25) is 4.98 Å². The Labute approximate surface area is 226 Å². The summed E-state index contributed by atoms with van der Waals surface area (Å²) in [6.07, 6.45) is 2.11. The molecule has 39 heavy (non-hydrogen) atoms. The molecule has 4 heterocycles. The minimum absolute atomic E-state index is 0.157.